The number of aliphatic imine (C=N–C) groups is 1. The molecule has 1 spiro atoms. The van der Waals surface area contributed by atoms with Crippen LogP contribution in [0.3, 0.4) is 0 Å². The van der Waals surface area contributed by atoms with Crippen molar-refractivity contribution in [3.8, 4) is 0 Å². The van der Waals surface area contributed by atoms with E-state index in [2.05, 4.69) is 9.73 Å². The first-order valence-electron chi connectivity index (χ1n) is 8.51. The van der Waals surface area contributed by atoms with Gasteiger partial charge in [0, 0.05) is 17.6 Å². The third kappa shape index (κ3) is 3.17. The van der Waals surface area contributed by atoms with Crippen LogP contribution in [0.2, 0.25) is 5.02 Å². The maximum atomic E-state index is 14.1. The van der Waals surface area contributed by atoms with Gasteiger partial charge in [0.2, 0.25) is 11.5 Å². The Morgan fingerprint density at radius 1 is 1.28 bits per heavy atom. The lowest BCUT2D eigenvalue weighted by Crippen LogP contribution is -2.43. The Balaban J connectivity index is 2.46. The molecule has 2 heterocycles. The standard InChI is InChI=1S/C19H18ClF3N2O4/c1-17(2,3)24-14-12(19(21,22)23)13(15(26)28-5)18(29-14)10-8-9(20)6-7-11(10)25(4)16(18)27/h6-8H,1-5H3. The Morgan fingerprint density at radius 3 is 2.41 bits per heavy atom. The number of ether oxygens (including phenoxy) is 2. The van der Waals surface area contributed by atoms with Crippen molar-refractivity contribution in [1.29, 1.82) is 0 Å². The van der Waals surface area contributed by atoms with Gasteiger partial charge in [-0.2, -0.15) is 13.2 Å². The zero-order chi connectivity index (χ0) is 21.9. The molecule has 0 radical (unpaired) electrons. The first-order chi connectivity index (χ1) is 13.2. The summed E-state index contributed by atoms with van der Waals surface area (Å²) < 4.78 is 52.5. The molecule has 2 aliphatic rings. The van der Waals surface area contributed by atoms with E-state index in [0.29, 0.717) is 0 Å². The van der Waals surface area contributed by atoms with Crippen molar-refractivity contribution in [3.05, 3.63) is 39.9 Å². The van der Waals surface area contributed by atoms with Gasteiger partial charge < -0.3 is 14.4 Å². The topological polar surface area (TPSA) is 68.2 Å². The maximum Gasteiger partial charge on any atom is 0.422 e. The highest BCUT2D eigenvalue weighted by molar-refractivity contribution is 6.31. The van der Waals surface area contributed by atoms with E-state index < -0.39 is 46.2 Å². The Hall–Kier alpha value is -2.55. The van der Waals surface area contributed by atoms with Crippen LogP contribution < -0.4 is 4.90 Å². The lowest BCUT2D eigenvalue weighted by Gasteiger charge is -2.25. The number of amides is 1. The van der Waals surface area contributed by atoms with Gasteiger partial charge in [-0.25, -0.2) is 9.79 Å². The van der Waals surface area contributed by atoms with Crippen molar-refractivity contribution in [2.75, 3.05) is 19.1 Å². The van der Waals surface area contributed by atoms with E-state index in [1.165, 1.54) is 25.2 Å². The largest absolute Gasteiger partial charge is 0.466 e. The molecule has 0 aromatic heterocycles. The summed E-state index contributed by atoms with van der Waals surface area (Å²) in [6.07, 6.45) is -5.03. The molecule has 6 nitrogen and oxygen atoms in total. The number of carbonyl (C=O) groups is 2. The fraction of sp³-hybridized carbons (Fsp3) is 0.421. The van der Waals surface area contributed by atoms with E-state index in [1.807, 2.05) is 0 Å². The summed E-state index contributed by atoms with van der Waals surface area (Å²) in [6, 6.07) is 4.25. The van der Waals surface area contributed by atoms with E-state index in [9.17, 15) is 22.8 Å². The molecule has 1 amide bonds. The van der Waals surface area contributed by atoms with Gasteiger partial charge in [-0.15, -0.1) is 0 Å². The molecule has 1 aromatic rings. The van der Waals surface area contributed by atoms with E-state index in [-0.39, 0.29) is 16.3 Å². The molecular weight excluding hydrogens is 413 g/mol. The zero-order valence-corrected chi connectivity index (χ0v) is 17.0. The van der Waals surface area contributed by atoms with Crippen LogP contribution in [0.4, 0.5) is 18.9 Å². The fourth-order valence-electron chi connectivity index (χ4n) is 3.41. The maximum absolute atomic E-state index is 14.1. The summed E-state index contributed by atoms with van der Waals surface area (Å²) in [7, 11) is 2.30. The molecule has 29 heavy (non-hydrogen) atoms. The summed E-state index contributed by atoms with van der Waals surface area (Å²) >= 11 is 6.04. The molecule has 0 fully saturated rings. The predicted octanol–water partition coefficient (Wildman–Crippen LogP) is 3.77. The first kappa shape index (κ1) is 21.2. The molecule has 1 atom stereocenters. The summed E-state index contributed by atoms with van der Waals surface area (Å²) in [5, 5.41) is 0.161. The monoisotopic (exact) mass is 430 g/mol. The van der Waals surface area contributed by atoms with Gasteiger partial charge in [-0.05, 0) is 39.0 Å². The lowest BCUT2D eigenvalue weighted by atomic mass is 9.85. The molecule has 0 N–H and O–H groups in total. The molecule has 0 bridgehead atoms. The van der Waals surface area contributed by atoms with Crippen LogP contribution in [0.25, 0.3) is 0 Å². The summed E-state index contributed by atoms with van der Waals surface area (Å²) in [5.41, 5.74) is -5.50. The van der Waals surface area contributed by atoms with Crippen LogP contribution in [0.5, 0.6) is 0 Å². The number of fused-ring (bicyclic) bond motifs is 2. The van der Waals surface area contributed by atoms with Crippen molar-refractivity contribution in [1.82, 2.24) is 0 Å². The summed E-state index contributed by atoms with van der Waals surface area (Å²) in [5.74, 6) is -3.07. The minimum atomic E-state index is -5.03. The van der Waals surface area contributed by atoms with Crippen molar-refractivity contribution in [3.63, 3.8) is 0 Å². The zero-order valence-electron chi connectivity index (χ0n) is 16.3. The third-order valence-electron chi connectivity index (χ3n) is 4.48. The number of anilines is 1. The number of esters is 1. The van der Waals surface area contributed by atoms with E-state index >= 15 is 0 Å². The second kappa shape index (κ2) is 6.48. The first-order valence-corrected chi connectivity index (χ1v) is 8.89. The Labute approximate surface area is 169 Å². The van der Waals surface area contributed by atoms with Gasteiger partial charge in [0.15, 0.2) is 0 Å². The van der Waals surface area contributed by atoms with Crippen LogP contribution in [0.15, 0.2) is 34.3 Å². The van der Waals surface area contributed by atoms with Gasteiger partial charge >= 0.3 is 12.1 Å². The minimum Gasteiger partial charge on any atom is -0.466 e. The number of nitrogens with zero attached hydrogens (tertiary/aromatic N) is 2. The molecule has 0 saturated carbocycles. The molecule has 3 rings (SSSR count). The number of carbonyl (C=O) groups excluding carboxylic acids is 2. The van der Waals surface area contributed by atoms with E-state index in [0.717, 1.165) is 12.0 Å². The Morgan fingerprint density at radius 2 is 1.90 bits per heavy atom. The van der Waals surface area contributed by atoms with Gasteiger partial charge in [-0.3, -0.25) is 4.79 Å². The third-order valence-corrected chi connectivity index (χ3v) is 4.72. The number of rotatable bonds is 1. The Kier molecular flexibility index (Phi) is 4.73. The SMILES string of the molecule is COC(=O)C1=C(C(F)(F)F)C(=NC(C)(C)C)OC12C(=O)N(C)c1ccc(Cl)cc12. The smallest absolute Gasteiger partial charge is 0.422 e. The highest BCUT2D eigenvalue weighted by Crippen LogP contribution is 2.54. The second-order valence-corrected chi connectivity index (χ2v) is 8.07. The molecule has 1 aromatic carbocycles. The predicted molar refractivity (Wildman–Crippen MR) is 99.9 cm³/mol. The average Bonchev–Trinajstić information content (AvgIpc) is 3.02. The quantitative estimate of drug-likeness (QED) is 0.636. The molecule has 1 unspecified atom stereocenters. The highest BCUT2D eigenvalue weighted by Gasteiger charge is 2.66. The van der Waals surface area contributed by atoms with Crippen LogP contribution >= 0.6 is 11.6 Å². The molecular formula is C19H18ClF3N2O4. The molecule has 10 heteroatoms. The van der Waals surface area contributed by atoms with Gasteiger partial charge in [0.05, 0.1) is 18.3 Å². The average molecular weight is 431 g/mol. The van der Waals surface area contributed by atoms with Crippen LogP contribution in [-0.2, 0) is 24.7 Å². The van der Waals surface area contributed by atoms with Crippen LogP contribution in [0, 0.1) is 0 Å². The lowest BCUT2D eigenvalue weighted by molar-refractivity contribution is -0.143. The van der Waals surface area contributed by atoms with Crippen LogP contribution in [0.1, 0.15) is 26.3 Å². The highest BCUT2D eigenvalue weighted by atomic mass is 35.5. The number of likely N-dealkylation sites (N-methyl/N-ethyl adjacent to an activating group) is 1. The number of hydrogen-bond donors (Lipinski definition) is 0. The molecule has 0 aliphatic carbocycles. The second-order valence-electron chi connectivity index (χ2n) is 7.64. The Bertz CT molecular complexity index is 979. The molecule has 0 saturated heterocycles. The number of alkyl halides is 3. The normalized spacial score (nSPS) is 23.1. The number of benzene rings is 1. The van der Waals surface area contributed by atoms with Crippen molar-refractivity contribution in [2.45, 2.75) is 38.1 Å². The number of methoxy groups -OCH3 is 1. The summed E-state index contributed by atoms with van der Waals surface area (Å²) in [4.78, 5) is 30.9. The van der Waals surface area contributed by atoms with Gasteiger partial charge in [0.25, 0.3) is 5.91 Å². The van der Waals surface area contributed by atoms with Crippen LogP contribution in [-0.4, -0.2) is 43.6 Å². The van der Waals surface area contributed by atoms with Crippen molar-refractivity contribution in [2.24, 2.45) is 4.99 Å². The molecule has 2 aliphatic heterocycles. The summed E-state index contributed by atoms with van der Waals surface area (Å²) in [6.45, 7) is 4.69. The minimum absolute atomic E-state index is 0.0127. The van der Waals surface area contributed by atoms with Gasteiger partial charge in [-0.1, -0.05) is 11.6 Å². The number of halogens is 4. The molecule has 156 valence electrons. The van der Waals surface area contributed by atoms with Crippen molar-refractivity contribution < 1.29 is 32.2 Å². The number of hydrogen-bond acceptors (Lipinski definition) is 5. The van der Waals surface area contributed by atoms with Gasteiger partial charge in [0.1, 0.15) is 11.1 Å². The van der Waals surface area contributed by atoms with E-state index in [1.54, 1.807) is 20.8 Å². The van der Waals surface area contributed by atoms with Crippen molar-refractivity contribution >= 4 is 35.1 Å². The fourth-order valence-corrected chi connectivity index (χ4v) is 3.58. The van der Waals surface area contributed by atoms with E-state index in [4.69, 9.17) is 16.3 Å².